The summed E-state index contributed by atoms with van der Waals surface area (Å²) in [6.45, 7) is 3.32. The molecule has 1 aliphatic carbocycles. The summed E-state index contributed by atoms with van der Waals surface area (Å²) in [6.07, 6.45) is 11.4. The van der Waals surface area contributed by atoms with Crippen LogP contribution in [0.3, 0.4) is 0 Å². The first kappa shape index (κ1) is 13.4. The Kier molecular flexibility index (Phi) is 5.47. The molecular weight excluding hydrogens is 218 g/mol. The quantitative estimate of drug-likeness (QED) is 0.815. The number of benzene rings is 1. The molecule has 1 aliphatic rings. The molecule has 18 heavy (non-hydrogen) atoms. The Hall–Kier alpha value is -1.08. The Morgan fingerprint density at radius 1 is 1.17 bits per heavy atom. The third-order valence-electron chi connectivity index (χ3n) is 4.04. The summed E-state index contributed by atoms with van der Waals surface area (Å²) in [4.78, 5) is 0. The predicted molar refractivity (Wildman–Crippen MR) is 79.5 cm³/mol. The molecule has 0 amide bonds. The Morgan fingerprint density at radius 2 is 1.94 bits per heavy atom. The van der Waals surface area contributed by atoms with Gasteiger partial charge in [0.25, 0.3) is 0 Å². The highest BCUT2D eigenvalue weighted by atomic mass is 14.9. The highest BCUT2D eigenvalue weighted by molar-refractivity contribution is 5.48. The average molecular weight is 243 g/mol. The van der Waals surface area contributed by atoms with Crippen molar-refractivity contribution in [3.05, 3.63) is 42.0 Å². The summed E-state index contributed by atoms with van der Waals surface area (Å²) < 4.78 is 0. The van der Waals surface area contributed by atoms with Gasteiger partial charge in [0.1, 0.15) is 0 Å². The van der Waals surface area contributed by atoms with Crippen molar-refractivity contribution >= 4 is 6.08 Å². The van der Waals surface area contributed by atoms with Gasteiger partial charge in [-0.05, 0) is 24.3 Å². The van der Waals surface area contributed by atoms with Gasteiger partial charge in [-0.1, -0.05) is 68.7 Å². The maximum absolute atomic E-state index is 3.71. The normalized spacial score (nSPS) is 24.5. The molecule has 1 nitrogen and oxygen atoms in total. The van der Waals surface area contributed by atoms with Crippen LogP contribution in [0.1, 0.15) is 44.6 Å². The molecule has 1 aromatic carbocycles. The molecule has 1 saturated carbocycles. The third-order valence-corrected chi connectivity index (χ3v) is 4.04. The minimum Gasteiger partial charge on any atom is -0.310 e. The van der Waals surface area contributed by atoms with Crippen LogP contribution in [0.2, 0.25) is 0 Å². The van der Waals surface area contributed by atoms with E-state index in [0.29, 0.717) is 0 Å². The second-order valence-corrected chi connectivity index (χ2v) is 5.28. The maximum Gasteiger partial charge on any atom is 0.0140 e. The maximum atomic E-state index is 3.71. The largest absolute Gasteiger partial charge is 0.310 e. The van der Waals surface area contributed by atoms with E-state index in [1.54, 1.807) is 0 Å². The fraction of sp³-hybridized carbons (Fsp3) is 0.529. The van der Waals surface area contributed by atoms with Gasteiger partial charge in [-0.2, -0.15) is 0 Å². The van der Waals surface area contributed by atoms with Crippen molar-refractivity contribution in [2.75, 3.05) is 6.54 Å². The van der Waals surface area contributed by atoms with Gasteiger partial charge in [-0.15, -0.1) is 0 Å². The molecule has 0 saturated heterocycles. The van der Waals surface area contributed by atoms with E-state index in [2.05, 4.69) is 54.7 Å². The molecule has 1 aromatic rings. The van der Waals surface area contributed by atoms with E-state index in [-0.39, 0.29) is 0 Å². The molecule has 1 fully saturated rings. The zero-order chi connectivity index (χ0) is 12.6. The predicted octanol–water partition coefficient (Wildman–Crippen LogP) is 4.26. The second-order valence-electron chi connectivity index (χ2n) is 5.28. The van der Waals surface area contributed by atoms with Gasteiger partial charge in [-0.3, -0.25) is 0 Å². The van der Waals surface area contributed by atoms with Gasteiger partial charge in [-0.25, -0.2) is 0 Å². The molecule has 0 aromatic heterocycles. The number of hydrogen-bond donors (Lipinski definition) is 1. The minimum atomic E-state index is 0.740. The molecule has 2 unspecified atom stereocenters. The van der Waals surface area contributed by atoms with Gasteiger partial charge in [0.05, 0.1) is 0 Å². The molecular formula is C17H25N. The van der Waals surface area contributed by atoms with Crippen molar-refractivity contribution in [2.45, 2.75) is 45.1 Å². The van der Waals surface area contributed by atoms with Gasteiger partial charge in [0, 0.05) is 12.6 Å². The lowest BCUT2D eigenvalue weighted by atomic mass is 9.83. The summed E-state index contributed by atoms with van der Waals surface area (Å²) in [7, 11) is 0. The molecule has 0 heterocycles. The van der Waals surface area contributed by atoms with Gasteiger partial charge in [0.2, 0.25) is 0 Å². The van der Waals surface area contributed by atoms with Crippen LogP contribution in [-0.2, 0) is 0 Å². The van der Waals surface area contributed by atoms with Crippen molar-refractivity contribution in [3.8, 4) is 0 Å². The van der Waals surface area contributed by atoms with Gasteiger partial charge in [0.15, 0.2) is 0 Å². The van der Waals surface area contributed by atoms with Gasteiger partial charge >= 0.3 is 0 Å². The summed E-state index contributed by atoms with van der Waals surface area (Å²) in [5.41, 5.74) is 1.29. The van der Waals surface area contributed by atoms with Crippen LogP contribution in [0.4, 0.5) is 0 Å². The molecule has 0 radical (unpaired) electrons. The van der Waals surface area contributed by atoms with Crippen LogP contribution in [0.25, 0.3) is 6.08 Å². The summed E-state index contributed by atoms with van der Waals surface area (Å²) in [5, 5.41) is 3.71. The van der Waals surface area contributed by atoms with Crippen molar-refractivity contribution in [2.24, 2.45) is 5.92 Å². The Balaban J connectivity index is 1.76. The van der Waals surface area contributed by atoms with E-state index in [1.807, 2.05) is 0 Å². The topological polar surface area (TPSA) is 12.0 Å². The fourth-order valence-electron chi connectivity index (χ4n) is 2.94. The number of rotatable bonds is 5. The zero-order valence-electron chi connectivity index (χ0n) is 11.4. The lowest BCUT2D eigenvalue weighted by molar-refractivity contribution is 0.262. The lowest BCUT2D eigenvalue weighted by Crippen LogP contribution is -2.38. The smallest absolute Gasteiger partial charge is 0.0140 e. The van der Waals surface area contributed by atoms with Crippen LogP contribution in [0.15, 0.2) is 36.4 Å². The number of nitrogens with one attached hydrogen (secondary N) is 1. The second kappa shape index (κ2) is 7.38. The van der Waals surface area contributed by atoms with Crippen LogP contribution in [-0.4, -0.2) is 12.6 Å². The molecule has 98 valence electrons. The molecule has 2 rings (SSSR count). The molecule has 1 N–H and O–H groups in total. The van der Waals surface area contributed by atoms with Gasteiger partial charge < -0.3 is 5.32 Å². The van der Waals surface area contributed by atoms with Crippen molar-refractivity contribution in [3.63, 3.8) is 0 Å². The highest BCUT2D eigenvalue weighted by Gasteiger charge is 2.22. The molecule has 0 aliphatic heterocycles. The van der Waals surface area contributed by atoms with Crippen molar-refractivity contribution < 1.29 is 0 Å². The summed E-state index contributed by atoms with van der Waals surface area (Å²) >= 11 is 0. The summed E-state index contributed by atoms with van der Waals surface area (Å²) in [6, 6.07) is 11.3. The highest BCUT2D eigenvalue weighted by Crippen LogP contribution is 2.26. The van der Waals surface area contributed by atoms with Crippen molar-refractivity contribution in [1.82, 2.24) is 5.32 Å². The minimum absolute atomic E-state index is 0.740. The first-order chi connectivity index (χ1) is 8.90. The summed E-state index contributed by atoms with van der Waals surface area (Å²) in [5.74, 6) is 0.892. The molecule has 0 bridgehead atoms. The first-order valence-electron chi connectivity index (χ1n) is 7.35. The molecule has 2 atom stereocenters. The van der Waals surface area contributed by atoms with E-state index in [4.69, 9.17) is 0 Å². The van der Waals surface area contributed by atoms with E-state index < -0.39 is 0 Å². The van der Waals surface area contributed by atoms with Crippen LogP contribution >= 0.6 is 0 Å². The Labute approximate surface area is 111 Å². The van der Waals surface area contributed by atoms with E-state index in [0.717, 1.165) is 18.5 Å². The standard InChI is InChI=1S/C17H25N/c1-2-16-12-6-7-13-17(16)18-14-8-11-15-9-4-3-5-10-15/h3-5,8-11,16-18H,2,6-7,12-14H2,1H3. The monoisotopic (exact) mass is 243 g/mol. The lowest BCUT2D eigenvalue weighted by Gasteiger charge is -2.31. The third kappa shape index (κ3) is 3.99. The number of hydrogen-bond acceptors (Lipinski definition) is 1. The van der Waals surface area contributed by atoms with E-state index >= 15 is 0 Å². The van der Waals surface area contributed by atoms with Crippen LogP contribution < -0.4 is 5.32 Å². The fourth-order valence-corrected chi connectivity index (χ4v) is 2.94. The zero-order valence-corrected chi connectivity index (χ0v) is 11.4. The van der Waals surface area contributed by atoms with E-state index in [9.17, 15) is 0 Å². The van der Waals surface area contributed by atoms with Crippen LogP contribution in [0.5, 0.6) is 0 Å². The van der Waals surface area contributed by atoms with E-state index in [1.165, 1.54) is 37.7 Å². The average Bonchev–Trinajstić information content (AvgIpc) is 2.45. The Bertz CT molecular complexity index is 355. The Morgan fingerprint density at radius 3 is 2.72 bits per heavy atom. The molecule has 0 spiro atoms. The molecule has 1 heteroatoms. The SMILES string of the molecule is CCC1CCCCC1NCC=Cc1ccccc1. The first-order valence-corrected chi connectivity index (χ1v) is 7.35. The van der Waals surface area contributed by atoms with Crippen LogP contribution in [0, 0.1) is 5.92 Å². The van der Waals surface area contributed by atoms with Crippen molar-refractivity contribution in [1.29, 1.82) is 0 Å².